The monoisotopic (exact) mass is 757 g/mol. The molecule has 13 nitrogen and oxygen atoms in total. The van der Waals surface area contributed by atoms with Gasteiger partial charge in [-0.1, -0.05) is 63.9 Å². The van der Waals surface area contributed by atoms with Crippen molar-refractivity contribution in [2.75, 3.05) is 40.8 Å². The number of aryl methyl sites for hydroxylation is 1. The Balaban J connectivity index is 2.36. The van der Waals surface area contributed by atoms with Crippen molar-refractivity contribution >= 4 is 35.5 Å². The molecule has 6 atom stereocenters. The lowest BCUT2D eigenvalue weighted by atomic mass is 9.96. The maximum atomic E-state index is 14.5. The van der Waals surface area contributed by atoms with E-state index < -0.39 is 47.7 Å². The molecule has 0 aliphatic carbocycles. The van der Waals surface area contributed by atoms with Crippen LogP contribution in [0.25, 0.3) is 0 Å². The molecule has 1 aliphatic rings. The molecule has 1 fully saturated rings. The number of nitrogens with one attached hydrogen (secondary N) is 2. The summed E-state index contributed by atoms with van der Waals surface area (Å²) in [6.07, 6.45) is 2.42. The highest BCUT2D eigenvalue weighted by atomic mass is 16.6. The maximum Gasteiger partial charge on any atom is 0.326 e. The predicted molar refractivity (Wildman–Crippen MR) is 210 cm³/mol. The fourth-order valence-corrected chi connectivity index (χ4v) is 6.77. The zero-order valence-electron chi connectivity index (χ0n) is 35.2. The Morgan fingerprint density at radius 2 is 1.57 bits per heavy atom. The van der Waals surface area contributed by atoms with Crippen molar-refractivity contribution in [1.82, 2.24) is 30.2 Å². The van der Waals surface area contributed by atoms with E-state index in [4.69, 9.17) is 4.74 Å². The van der Waals surface area contributed by atoms with Crippen LogP contribution in [-0.4, -0.2) is 132 Å². The van der Waals surface area contributed by atoms with Crippen LogP contribution in [0.4, 0.5) is 0 Å². The van der Waals surface area contributed by atoms with Gasteiger partial charge in [-0.15, -0.1) is 0 Å². The van der Waals surface area contributed by atoms with Crippen molar-refractivity contribution in [1.29, 1.82) is 0 Å². The van der Waals surface area contributed by atoms with Gasteiger partial charge in [-0.25, -0.2) is 0 Å². The lowest BCUT2D eigenvalue weighted by Gasteiger charge is -2.38. The lowest BCUT2D eigenvalue weighted by molar-refractivity contribution is -0.160. The molecule has 2 N–H and O–H groups in total. The van der Waals surface area contributed by atoms with Crippen molar-refractivity contribution in [3.8, 4) is 0 Å². The van der Waals surface area contributed by atoms with E-state index in [1.165, 1.54) is 26.6 Å². The Bertz CT molecular complexity index is 1440. The second-order valence-electron chi connectivity index (χ2n) is 16.3. The quantitative estimate of drug-likeness (QED) is 0.216. The number of hydrogen-bond acceptors (Lipinski definition) is 8. The maximum absolute atomic E-state index is 14.5. The first-order chi connectivity index (χ1) is 25.2. The van der Waals surface area contributed by atoms with Crippen LogP contribution >= 0.6 is 0 Å². The van der Waals surface area contributed by atoms with Gasteiger partial charge in [-0.05, 0) is 85.3 Å². The average molecular weight is 757 g/mol. The van der Waals surface area contributed by atoms with Crippen LogP contribution in [0.15, 0.2) is 24.3 Å². The Morgan fingerprint density at radius 1 is 0.963 bits per heavy atom. The minimum absolute atomic E-state index is 0.189. The zero-order chi connectivity index (χ0) is 41.1. The topological polar surface area (TPSA) is 149 Å². The molecule has 304 valence electrons. The smallest absolute Gasteiger partial charge is 0.326 e. The van der Waals surface area contributed by atoms with E-state index in [0.29, 0.717) is 32.2 Å². The van der Waals surface area contributed by atoms with Gasteiger partial charge in [0.2, 0.25) is 29.5 Å². The lowest BCUT2D eigenvalue weighted by Crippen LogP contribution is -2.60. The summed E-state index contributed by atoms with van der Waals surface area (Å²) in [5.74, 6) is -2.32. The number of likely N-dealkylation sites (N-methyl/N-ethyl adjacent to an activating group) is 4. The van der Waals surface area contributed by atoms with Gasteiger partial charge in [-0.2, -0.15) is 0 Å². The fraction of sp³-hybridized carbons (Fsp3) is 0.707. The van der Waals surface area contributed by atoms with Crippen molar-refractivity contribution in [2.45, 2.75) is 137 Å². The van der Waals surface area contributed by atoms with Crippen LogP contribution in [0, 0.1) is 18.8 Å². The summed E-state index contributed by atoms with van der Waals surface area (Å²) in [5, 5.41) is 6.00. The van der Waals surface area contributed by atoms with Crippen LogP contribution < -0.4 is 10.6 Å². The SMILES string of the molecule is CC[C@H](C)[C@H](NC(=O)[C@H](CC(C)C)NC)C(=O)N(C)[C@@H](C)C(=O)N1CCC[C@H]1C(=O)N(CC)[C@@H](Cc1ccc(C)cc1)C(=O)N(C)CC(=O)OC(C)(C)C. The number of benzene rings is 1. The van der Waals surface area contributed by atoms with E-state index >= 15 is 0 Å². The molecule has 1 heterocycles. The minimum Gasteiger partial charge on any atom is -0.459 e. The highest BCUT2D eigenvalue weighted by Crippen LogP contribution is 2.25. The second kappa shape index (κ2) is 20.6. The van der Waals surface area contributed by atoms with E-state index in [9.17, 15) is 28.8 Å². The Morgan fingerprint density at radius 3 is 2.09 bits per heavy atom. The van der Waals surface area contributed by atoms with Gasteiger partial charge < -0.3 is 35.0 Å². The number of hydrogen-bond donors (Lipinski definition) is 2. The molecule has 1 aromatic rings. The molecule has 0 radical (unpaired) electrons. The molecule has 0 unspecified atom stereocenters. The van der Waals surface area contributed by atoms with Gasteiger partial charge in [0.1, 0.15) is 36.3 Å². The fourth-order valence-electron chi connectivity index (χ4n) is 6.77. The van der Waals surface area contributed by atoms with Gasteiger partial charge in [0.25, 0.3) is 0 Å². The molecule has 2 rings (SSSR count). The molecule has 0 spiro atoms. The van der Waals surface area contributed by atoms with Crippen molar-refractivity contribution in [2.24, 2.45) is 11.8 Å². The van der Waals surface area contributed by atoms with Gasteiger partial charge in [0.05, 0.1) is 6.04 Å². The van der Waals surface area contributed by atoms with E-state index in [1.807, 2.05) is 58.9 Å². The highest BCUT2D eigenvalue weighted by molar-refractivity contribution is 5.96. The third kappa shape index (κ3) is 12.8. The molecule has 13 heteroatoms. The Kier molecular flexibility index (Phi) is 17.6. The molecular formula is C41H68N6O7. The number of esters is 1. The normalized spacial score (nSPS) is 17.2. The van der Waals surface area contributed by atoms with Crippen LogP contribution in [0.5, 0.6) is 0 Å². The van der Waals surface area contributed by atoms with Gasteiger partial charge in [0.15, 0.2) is 0 Å². The molecular weight excluding hydrogens is 688 g/mol. The Labute approximate surface area is 323 Å². The highest BCUT2D eigenvalue weighted by Gasteiger charge is 2.43. The standard InChI is InChI=1S/C41H68N6O7/c1-14-28(6)35(43-36(49)31(42-11)23-26(3)4)40(53)45(13)29(7)37(50)47-22-16-17-32(47)39(52)46(15-2)33(24-30-20-18-27(5)19-21-30)38(51)44(12)25-34(48)54-41(8,9)10/h18-21,26,28-29,31-33,35,42H,14-17,22-25H2,1-13H3,(H,43,49)/t28-,29-,31-,32-,33-,35-/m0/s1. The average Bonchev–Trinajstić information content (AvgIpc) is 3.60. The molecule has 0 saturated carbocycles. The summed E-state index contributed by atoms with van der Waals surface area (Å²) in [6, 6.07) is 3.69. The molecule has 1 aliphatic heterocycles. The third-order valence-corrected chi connectivity index (χ3v) is 10.3. The second-order valence-corrected chi connectivity index (χ2v) is 16.3. The number of carbonyl (C=O) groups is 6. The first kappa shape index (κ1) is 46.2. The molecule has 0 aromatic heterocycles. The number of likely N-dealkylation sites (tertiary alicyclic amines) is 1. The van der Waals surface area contributed by atoms with Gasteiger partial charge in [0, 0.05) is 33.6 Å². The van der Waals surface area contributed by atoms with Gasteiger partial charge in [-0.3, -0.25) is 28.8 Å². The largest absolute Gasteiger partial charge is 0.459 e. The third-order valence-electron chi connectivity index (χ3n) is 10.3. The Hall–Kier alpha value is -4.00. The van der Waals surface area contributed by atoms with Crippen LogP contribution in [0.1, 0.15) is 99.1 Å². The summed E-state index contributed by atoms with van der Waals surface area (Å²) < 4.78 is 5.46. The van der Waals surface area contributed by atoms with E-state index in [-0.39, 0.29) is 55.0 Å². The van der Waals surface area contributed by atoms with E-state index in [1.54, 1.807) is 48.7 Å². The summed E-state index contributed by atoms with van der Waals surface area (Å²) in [4.78, 5) is 88.4. The number of ether oxygens (including phenoxy) is 1. The van der Waals surface area contributed by atoms with Gasteiger partial charge >= 0.3 is 5.97 Å². The number of rotatable bonds is 18. The molecule has 1 saturated heterocycles. The molecule has 54 heavy (non-hydrogen) atoms. The van der Waals surface area contributed by atoms with Crippen LogP contribution in [-0.2, 0) is 39.9 Å². The molecule has 0 bridgehead atoms. The van der Waals surface area contributed by atoms with E-state index in [0.717, 1.165) is 11.1 Å². The van der Waals surface area contributed by atoms with Crippen LogP contribution in [0.3, 0.4) is 0 Å². The van der Waals surface area contributed by atoms with Crippen molar-refractivity contribution in [3.63, 3.8) is 0 Å². The van der Waals surface area contributed by atoms with Crippen LogP contribution in [0.2, 0.25) is 0 Å². The number of amides is 5. The summed E-state index contributed by atoms with van der Waals surface area (Å²) in [5.41, 5.74) is 1.17. The summed E-state index contributed by atoms with van der Waals surface area (Å²) in [6.45, 7) is 18.8. The minimum atomic E-state index is -0.950. The van der Waals surface area contributed by atoms with Crippen molar-refractivity contribution < 1.29 is 33.5 Å². The first-order valence-corrected chi connectivity index (χ1v) is 19.5. The van der Waals surface area contributed by atoms with E-state index in [2.05, 4.69) is 10.6 Å². The van der Waals surface area contributed by atoms with Crippen molar-refractivity contribution in [3.05, 3.63) is 35.4 Å². The molecule has 1 aromatic carbocycles. The zero-order valence-corrected chi connectivity index (χ0v) is 35.2. The number of nitrogens with zero attached hydrogens (tertiary/aromatic N) is 4. The number of carbonyl (C=O) groups excluding carboxylic acids is 6. The first-order valence-electron chi connectivity index (χ1n) is 19.5. The molecule has 5 amide bonds. The predicted octanol–water partition coefficient (Wildman–Crippen LogP) is 3.56. The summed E-state index contributed by atoms with van der Waals surface area (Å²) in [7, 11) is 4.79. The summed E-state index contributed by atoms with van der Waals surface area (Å²) >= 11 is 0.